The minimum atomic E-state index is -0.311. The third-order valence-corrected chi connectivity index (χ3v) is 6.86. The summed E-state index contributed by atoms with van der Waals surface area (Å²) in [5.41, 5.74) is 2.36. The molecule has 4 rings (SSSR count). The molecule has 2 aliphatic rings. The van der Waals surface area contributed by atoms with E-state index in [-0.39, 0.29) is 11.8 Å². The molecule has 0 radical (unpaired) electrons. The third kappa shape index (κ3) is 3.58. The number of esters is 1. The number of rotatable bonds is 3. The second-order valence-corrected chi connectivity index (χ2v) is 8.40. The largest absolute Gasteiger partial charge is 0.465 e. The van der Waals surface area contributed by atoms with Gasteiger partial charge in [0.05, 0.1) is 18.4 Å². The highest BCUT2D eigenvalue weighted by Gasteiger charge is 2.29. The Bertz CT molecular complexity index is 907. The van der Waals surface area contributed by atoms with Crippen LogP contribution in [0.4, 0.5) is 15.1 Å². The van der Waals surface area contributed by atoms with Gasteiger partial charge in [0.1, 0.15) is 10.8 Å². The van der Waals surface area contributed by atoms with E-state index in [4.69, 9.17) is 17.0 Å². The number of carbonyl (C=O) groups is 1. The van der Waals surface area contributed by atoms with Crippen LogP contribution >= 0.6 is 23.6 Å². The second-order valence-electron chi connectivity index (χ2n) is 6.91. The topological polar surface area (TPSA) is 44.8 Å². The van der Waals surface area contributed by atoms with E-state index in [1.807, 2.05) is 11.0 Å². The first-order valence-electron chi connectivity index (χ1n) is 9.36. The van der Waals surface area contributed by atoms with Gasteiger partial charge in [-0.2, -0.15) is 0 Å². The summed E-state index contributed by atoms with van der Waals surface area (Å²) < 4.78 is 19.0. The lowest BCUT2D eigenvalue weighted by atomic mass is 10.1. The number of benzene rings is 1. The highest BCUT2D eigenvalue weighted by molar-refractivity contribution is 7.80. The van der Waals surface area contributed by atoms with Gasteiger partial charge in [-0.05, 0) is 49.2 Å². The van der Waals surface area contributed by atoms with Gasteiger partial charge < -0.3 is 19.9 Å². The molecule has 1 aliphatic heterocycles. The van der Waals surface area contributed by atoms with E-state index >= 15 is 0 Å². The van der Waals surface area contributed by atoms with E-state index in [1.165, 1.54) is 18.1 Å². The van der Waals surface area contributed by atoms with Gasteiger partial charge in [-0.3, -0.25) is 0 Å². The van der Waals surface area contributed by atoms with Gasteiger partial charge in [0, 0.05) is 31.1 Å². The number of para-hydroxylation sites is 1. The molecule has 2 heterocycles. The number of halogens is 1. The average Bonchev–Trinajstić information content (AvgIpc) is 3.28. The number of thiophene rings is 1. The number of anilines is 2. The predicted octanol–water partition coefficient (Wildman–Crippen LogP) is 3.68. The Hall–Kier alpha value is -2.19. The average molecular weight is 420 g/mol. The standard InChI is InChI=1S/C20H22FN3O2S2/c1-26-19(25)17-13-5-4-8-16(13)28-18(17)22-20(27)24-11-9-23(10-12-24)15-7-3-2-6-14(15)21/h2-3,6-7H,4-5,8-12H2,1H3,(H,22,27). The van der Waals surface area contributed by atoms with Crippen LogP contribution < -0.4 is 10.2 Å². The smallest absolute Gasteiger partial charge is 0.341 e. The first-order chi connectivity index (χ1) is 13.6. The van der Waals surface area contributed by atoms with E-state index in [2.05, 4.69) is 10.2 Å². The van der Waals surface area contributed by atoms with E-state index < -0.39 is 0 Å². The van der Waals surface area contributed by atoms with E-state index in [0.29, 0.717) is 42.5 Å². The Morgan fingerprint density at radius 1 is 1.21 bits per heavy atom. The molecule has 0 bridgehead atoms. The lowest BCUT2D eigenvalue weighted by molar-refractivity contribution is 0.0601. The number of thiocarbonyl (C=S) groups is 1. The van der Waals surface area contributed by atoms with Crippen LogP contribution in [-0.2, 0) is 17.6 Å². The molecular formula is C20H22FN3O2S2. The van der Waals surface area contributed by atoms with Crippen LogP contribution in [0.1, 0.15) is 27.2 Å². The number of methoxy groups -OCH3 is 1. The van der Waals surface area contributed by atoms with Crippen molar-refractivity contribution in [3.63, 3.8) is 0 Å². The van der Waals surface area contributed by atoms with E-state index in [9.17, 15) is 9.18 Å². The second kappa shape index (κ2) is 8.05. The number of fused-ring (bicyclic) bond motifs is 1. The molecule has 0 atom stereocenters. The van der Waals surface area contributed by atoms with Crippen LogP contribution in [0.5, 0.6) is 0 Å². The zero-order chi connectivity index (χ0) is 19.7. The molecule has 0 unspecified atom stereocenters. The fourth-order valence-corrected chi connectivity index (χ4v) is 5.47. The number of piperazine rings is 1. The summed E-state index contributed by atoms with van der Waals surface area (Å²) in [6, 6.07) is 6.84. The van der Waals surface area contributed by atoms with Crippen molar-refractivity contribution in [2.24, 2.45) is 0 Å². The molecule has 148 valence electrons. The summed E-state index contributed by atoms with van der Waals surface area (Å²) in [5.74, 6) is -0.512. The zero-order valence-electron chi connectivity index (χ0n) is 15.7. The fourth-order valence-electron chi connectivity index (χ4n) is 3.85. The summed E-state index contributed by atoms with van der Waals surface area (Å²) in [4.78, 5) is 17.6. The monoisotopic (exact) mass is 419 g/mol. The summed E-state index contributed by atoms with van der Waals surface area (Å²) in [6.45, 7) is 2.76. The van der Waals surface area contributed by atoms with Gasteiger partial charge >= 0.3 is 5.97 Å². The van der Waals surface area contributed by atoms with Crippen molar-refractivity contribution in [2.45, 2.75) is 19.3 Å². The van der Waals surface area contributed by atoms with Gasteiger partial charge in [-0.15, -0.1) is 11.3 Å². The van der Waals surface area contributed by atoms with Crippen molar-refractivity contribution in [3.05, 3.63) is 46.1 Å². The fraction of sp³-hybridized carbons (Fsp3) is 0.400. The van der Waals surface area contributed by atoms with Crippen molar-refractivity contribution in [1.29, 1.82) is 0 Å². The van der Waals surface area contributed by atoms with Gasteiger partial charge in [0.2, 0.25) is 0 Å². The molecule has 2 aromatic rings. The summed E-state index contributed by atoms with van der Waals surface area (Å²) >= 11 is 7.20. The number of nitrogens with zero attached hydrogens (tertiary/aromatic N) is 2. The normalized spacial score (nSPS) is 16.1. The van der Waals surface area contributed by atoms with Crippen molar-refractivity contribution in [2.75, 3.05) is 43.5 Å². The minimum Gasteiger partial charge on any atom is -0.465 e. The molecule has 0 saturated carbocycles. The lowest BCUT2D eigenvalue weighted by Crippen LogP contribution is -2.50. The van der Waals surface area contributed by atoms with Crippen LogP contribution in [0, 0.1) is 5.82 Å². The number of carbonyl (C=O) groups excluding carboxylic acids is 1. The molecule has 1 saturated heterocycles. The molecule has 0 spiro atoms. The predicted molar refractivity (Wildman–Crippen MR) is 114 cm³/mol. The van der Waals surface area contributed by atoms with Gasteiger partial charge in [0.25, 0.3) is 0 Å². The Balaban J connectivity index is 1.43. The van der Waals surface area contributed by atoms with Crippen LogP contribution in [0.15, 0.2) is 24.3 Å². The Kier molecular flexibility index (Phi) is 5.50. The van der Waals surface area contributed by atoms with Gasteiger partial charge in [-0.25, -0.2) is 9.18 Å². The van der Waals surface area contributed by atoms with Crippen molar-refractivity contribution in [1.82, 2.24) is 4.90 Å². The summed E-state index contributed by atoms with van der Waals surface area (Å²) in [7, 11) is 1.41. The summed E-state index contributed by atoms with van der Waals surface area (Å²) in [5, 5.41) is 4.64. The number of hydrogen-bond acceptors (Lipinski definition) is 5. The van der Waals surface area contributed by atoms with Crippen LogP contribution in [0.25, 0.3) is 0 Å². The van der Waals surface area contributed by atoms with Gasteiger partial charge in [0.15, 0.2) is 5.11 Å². The van der Waals surface area contributed by atoms with Crippen LogP contribution in [0.2, 0.25) is 0 Å². The molecule has 5 nitrogen and oxygen atoms in total. The zero-order valence-corrected chi connectivity index (χ0v) is 17.3. The summed E-state index contributed by atoms with van der Waals surface area (Å²) in [6.07, 6.45) is 2.99. The Morgan fingerprint density at radius 3 is 2.68 bits per heavy atom. The molecule has 1 aliphatic carbocycles. The maximum Gasteiger partial charge on any atom is 0.341 e. The molecule has 1 aromatic carbocycles. The number of aryl methyl sites for hydroxylation is 1. The highest BCUT2D eigenvalue weighted by atomic mass is 32.1. The first kappa shape index (κ1) is 19.1. The molecule has 1 fully saturated rings. The first-order valence-corrected chi connectivity index (χ1v) is 10.6. The third-order valence-electron chi connectivity index (χ3n) is 5.29. The number of nitrogens with one attached hydrogen (secondary N) is 1. The van der Waals surface area contributed by atoms with Gasteiger partial charge in [-0.1, -0.05) is 12.1 Å². The Morgan fingerprint density at radius 2 is 1.96 bits per heavy atom. The van der Waals surface area contributed by atoms with Crippen molar-refractivity contribution in [3.8, 4) is 0 Å². The highest BCUT2D eigenvalue weighted by Crippen LogP contribution is 2.39. The molecule has 1 N–H and O–H groups in total. The molecular weight excluding hydrogens is 397 g/mol. The van der Waals surface area contributed by atoms with Crippen molar-refractivity contribution >= 4 is 45.3 Å². The number of hydrogen-bond donors (Lipinski definition) is 1. The SMILES string of the molecule is COC(=O)c1c(NC(=S)N2CCN(c3ccccc3F)CC2)sc2c1CCC2. The van der Waals surface area contributed by atoms with Crippen LogP contribution in [-0.4, -0.2) is 49.3 Å². The maximum absolute atomic E-state index is 14.0. The maximum atomic E-state index is 14.0. The number of ether oxygens (including phenoxy) is 1. The Labute approximate surface area is 173 Å². The van der Waals surface area contributed by atoms with E-state index in [0.717, 1.165) is 29.8 Å². The molecule has 0 amide bonds. The lowest BCUT2D eigenvalue weighted by Gasteiger charge is -2.37. The van der Waals surface area contributed by atoms with Crippen LogP contribution in [0.3, 0.4) is 0 Å². The van der Waals surface area contributed by atoms with Crippen molar-refractivity contribution < 1.29 is 13.9 Å². The molecule has 1 aromatic heterocycles. The molecule has 28 heavy (non-hydrogen) atoms. The molecule has 8 heteroatoms. The van der Waals surface area contributed by atoms with E-state index in [1.54, 1.807) is 23.5 Å². The quantitative estimate of drug-likeness (QED) is 0.605. The minimum absolute atomic E-state index is 0.201.